The van der Waals surface area contributed by atoms with Crippen LogP contribution in [-0.2, 0) is 22.1 Å². The van der Waals surface area contributed by atoms with E-state index in [4.69, 9.17) is 5.73 Å². The predicted octanol–water partition coefficient (Wildman–Crippen LogP) is 4.80. The van der Waals surface area contributed by atoms with E-state index in [1.807, 2.05) is 65.7 Å². The zero-order chi connectivity index (χ0) is 31.7. The number of benzene rings is 1. The number of likely N-dealkylation sites (tertiary alicyclic amines) is 1. The molecule has 2 amide bonds. The van der Waals surface area contributed by atoms with Gasteiger partial charge < -0.3 is 5.73 Å². The monoisotopic (exact) mass is 592 g/mol. The topological polar surface area (TPSA) is 105 Å². The molecule has 2 fully saturated rings. The summed E-state index contributed by atoms with van der Waals surface area (Å²) >= 11 is 0. The van der Waals surface area contributed by atoms with Crippen molar-refractivity contribution in [2.45, 2.75) is 96.8 Å². The van der Waals surface area contributed by atoms with Gasteiger partial charge in [-0.05, 0) is 32.8 Å². The van der Waals surface area contributed by atoms with Crippen molar-refractivity contribution in [3.8, 4) is 0 Å². The Morgan fingerprint density at radius 1 is 1.21 bits per heavy atom. The van der Waals surface area contributed by atoms with Gasteiger partial charge in [-0.25, -0.2) is 0 Å². The van der Waals surface area contributed by atoms with Crippen LogP contribution in [0.1, 0.15) is 81.4 Å². The fraction of sp³-hybridized carbons (Fsp3) is 0.500. The molecule has 1 aliphatic carbocycles. The van der Waals surface area contributed by atoms with E-state index < -0.39 is 23.7 Å². The standard InChI is InChI=1S/C32H43BF2N6O2/c1-19(11-12-20(2)33-7)30(43)37-25-15-16-40(29(25)23-9-8-10-24(21(23)3)38-31(4,5)36)28(42)18-41-27(32(6,34)35)17-26(39-41)22-13-14-22/h8-12,17,22,25,29,38H,1,13-16,18,36H2,2-7H3,(H,37,43)/b12-11-/t25-,29-/m1/s1. The minimum absolute atomic E-state index is 0.167. The average Bonchev–Trinajstić information content (AvgIpc) is 3.55. The zero-order valence-electron chi connectivity index (χ0n) is 26.0. The molecule has 1 aliphatic heterocycles. The van der Waals surface area contributed by atoms with Gasteiger partial charge in [0.05, 0.1) is 11.4 Å². The van der Waals surface area contributed by atoms with E-state index >= 15 is 0 Å². The van der Waals surface area contributed by atoms with E-state index in [0.717, 1.165) is 46.7 Å². The number of rotatable bonds is 11. The predicted molar refractivity (Wildman–Crippen MR) is 168 cm³/mol. The molecule has 4 rings (SSSR count). The Balaban J connectivity index is 1.67. The number of halogens is 2. The number of amides is 2. The molecule has 1 aromatic heterocycles. The fourth-order valence-corrected chi connectivity index (χ4v) is 5.44. The Bertz CT molecular complexity index is 1450. The molecule has 4 N–H and O–H groups in total. The summed E-state index contributed by atoms with van der Waals surface area (Å²) in [5.74, 6) is -3.67. The van der Waals surface area contributed by atoms with Crippen molar-refractivity contribution >= 4 is 29.9 Å². The molecule has 0 radical (unpaired) electrons. The molecule has 1 saturated carbocycles. The number of anilines is 1. The number of nitrogens with two attached hydrogens (primary N) is 1. The van der Waals surface area contributed by atoms with E-state index in [9.17, 15) is 18.4 Å². The van der Waals surface area contributed by atoms with Gasteiger partial charge in [-0.3, -0.25) is 0 Å². The first-order valence-corrected chi connectivity index (χ1v) is 14.8. The van der Waals surface area contributed by atoms with Crippen LogP contribution in [0.4, 0.5) is 14.5 Å². The van der Waals surface area contributed by atoms with Gasteiger partial charge in [0.1, 0.15) is 5.69 Å². The first-order valence-electron chi connectivity index (χ1n) is 14.8. The maximum atomic E-state index is 14.6. The van der Waals surface area contributed by atoms with Crippen molar-refractivity contribution < 1.29 is 18.4 Å². The number of carbonyl (C=O) groups is 2. The van der Waals surface area contributed by atoms with E-state index in [-0.39, 0.29) is 30.0 Å². The van der Waals surface area contributed by atoms with Crippen molar-refractivity contribution in [2.75, 3.05) is 11.9 Å². The number of allylic oxidation sites excluding steroid dienone is 1. The van der Waals surface area contributed by atoms with Gasteiger partial charge in [0.25, 0.3) is 5.92 Å². The van der Waals surface area contributed by atoms with Crippen LogP contribution in [0.25, 0.3) is 0 Å². The van der Waals surface area contributed by atoms with E-state index in [1.54, 1.807) is 11.0 Å². The third-order valence-electron chi connectivity index (χ3n) is 8.01. The van der Waals surface area contributed by atoms with Crippen LogP contribution in [0.3, 0.4) is 0 Å². The summed E-state index contributed by atoms with van der Waals surface area (Å²) in [7, 11) is 0. The average molecular weight is 593 g/mol. The van der Waals surface area contributed by atoms with Crippen LogP contribution in [0.2, 0.25) is 6.82 Å². The maximum absolute atomic E-state index is 14.6. The molecule has 43 heavy (non-hydrogen) atoms. The third kappa shape index (κ3) is 7.87. The van der Waals surface area contributed by atoms with Crippen LogP contribution in [0.15, 0.2) is 48.6 Å². The van der Waals surface area contributed by atoms with E-state index in [2.05, 4.69) is 22.3 Å². The quantitative estimate of drug-likeness (QED) is 0.151. The number of hydrogen-bond acceptors (Lipinski definition) is 5. The Morgan fingerprint density at radius 3 is 2.51 bits per heavy atom. The summed E-state index contributed by atoms with van der Waals surface area (Å²) in [5.41, 5.74) is 9.68. The molecule has 0 spiro atoms. The van der Waals surface area contributed by atoms with Gasteiger partial charge in [-0.2, -0.15) is 13.9 Å². The van der Waals surface area contributed by atoms with Crippen LogP contribution >= 0.6 is 0 Å². The second-order valence-corrected chi connectivity index (χ2v) is 12.4. The molecular formula is C32H43BF2N6O2. The Labute approximate surface area is 253 Å². The Morgan fingerprint density at radius 2 is 1.91 bits per heavy atom. The summed E-state index contributed by atoms with van der Waals surface area (Å²) < 4.78 is 30.3. The molecule has 1 saturated heterocycles. The molecular weight excluding hydrogens is 549 g/mol. The van der Waals surface area contributed by atoms with E-state index in [0.29, 0.717) is 24.2 Å². The number of alkyl halides is 2. The van der Waals surface area contributed by atoms with Crippen molar-refractivity contribution in [1.82, 2.24) is 20.0 Å². The SMILES string of the molecule is C=C(/C=C\C(C)=BC)C(=O)N[C@@H]1CCN(C(=O)Cn2nc(C3CC3)cc2C(C)(F)F)[C@@H]1c1cccc(NC(C)(C)N)c1C. The number of aromatic nitrogens is 2. The van der Waals surface area contributed by atoms with Crippen LogP contribution in [0.5, 0.6) is 0 Å². The first-order chi connectivity index (χ1) is 20.1. The molecule has 2 aromatic rings. The summed E-state index contributed by atoms with van der Waals surface area (Å²) in [6.07, 6.45) is 5.79. The van der Waals surface area contributed by atoms with Crippen molar-refractivity contribution in [3.63, 3.8) is 0 Å². The molecule has 2 atom stereocenters. The zero-order valence-corrected chi connectivity index (χ0v) is 26.0. The first kappa shape index (κ1) is 32.3. The second-order valence-electron chi connectivity index (χ2n) is 12.4. The summed E-state index contributed by atoms with van der Waals surface area (Å²) in [5, 5.41) is 10.8. The molecule has 2 aliphatic rings. The number of hydrogen-bond donors (Lipinski definition) is 3. The molecule has 0 unspecified atom stereocenters. The van der Waals surface area contributed by atoms with Crippen LogP contribution < -0.4 is 16.4 Å². The molecule has 2 heterocycles. The molecule has 8 nitrogen and oxygen atoms in total. The van der Waals surface area contributed by atoms with Crippen LogP contribution in [-0.4, -0.2) is 57.1 Å². The molecule has 0 bridgehead atoms. The molecule has 1 aromatic carbocycles. The van der Waals surface area contributed by atoms with Gasteiger partial charge in [0, 0.05) is 12.8 Å². The Kier molecular flexibility index (Phi) is 9.44. The van der Waals surface area contributed by atoms with E-state index in [1.165, 1.54) is 6.07 Å². The summed E-state index contributed by atoms with van der Waals surface area (Å²) in [6.45, 7) is 16.2. The third-order valence-corrected chi connectivity index (χ3v) is 8.01. The van der Waals surface area contributed by atoms with Crippen molar-refractivity contribution in [1.29, 1.82) is 0 Å². The Hall–Kier alpha value is -3.60. The van der Waals surface area contributed by atoms with Gasteiger partial charge in [-0.1, -0.05) is 0 Å². The second kappa shape index (κ2) is 12.6. The van der Waals surface area contributed by atoms with Crippen molar-refractivity contribution in [3.05, 3.63) is 71.1 Å². The minimum atomic E-state index is -3.15. The van der Waals surface area contributed by atoms with Gasteiger partial charge in [-0.15, -0.1) is 0 Å². The number of nitrogens with zero attached hydrogens (tertiary/aromatic N) is 3. The number of carbonyl (C=O) groups excluding carboxylic acids is 2. The van der Waals surface area contributed by atoms with Crippen LogP contribution in [0, 0.1) is 6.92 Å². The summed E-state index contributed by atoms with van der Waals surface area (Å²) in [4.78, 5) is 28.8. The molecule has 230 valence electrons. The van der Waals surface area contributed by atoms with Gasteiger partial charge in [0.2, 0.25) is 0 Å². The number of nitrogens with one attached hydrogen (secondary N) is 2. The summed E-state index contributed by atoms with van der Waals surface area (Å²) in [6, 6.07) is 6.17. The fourth-order valence-electron chi connectivity index (χ4n) is 5.44. The molecule has 11 heteroatoms. The van der Waals surface area contributed by atoms with Gasteiger partial charge in [0.15, 0.2) is 0 Å². The van der Waals surface area contributed by atoms with Gasteiger partial charge >= 0.3 is 166 Å². The normalized spacial score (nSPS) is 19.5. The van der Waals surface area contributed by atoms with Crippen molar-refractivity contribution in [2.24, 2.45) is 5.73 Å².